The van der Waals surface area contributed by atoms with Gasteiger partial charge in [0.25, 0.3) is 0 Å². The van der Waals surface area contributed by atoms with Gasteiger partial charge in [0, 0.05) is 34.0 Å². The van der Waals surface area contributed by atoms with Crippen molar-refractivity contribution in [1.82, 2.24) is 0 Å². The van der Waals surface area contributed by atoms with E-state index < -0.39 is 0 Å². The highest BCUT2D eigenvalue weighted by atomic mass is 79.9. The van der Waals surface area contributed by atoms with Gasteiger partial charge in [-0.1, -0.05) is 18.3 Å². The molecule has 6 heteroatoms. The molecule has 0 fully saturated rings. The van der Waals surface area contributed by atoms with E-state index in [1.165, 1.54) is 6.92 Å². The minimum Gasteiger partial charge on any atom is -0.389 e. The minimum absolute atomic E-state index is 0.101. The second kappa shape index (κ2) is 6.69. The summed E-state index contributed by atoms with van der Waals surface area (Å²) < 4.78 is 0.831. The molecule has 0 aliphatic carbocycles. The van der Waals surface area contributed by atoms with Crippen LogP contribution in [0.15, 0.2) is 46.9 Å². The molecule has 0 heterocycles. The topological polar surface area (TPSA) is 67.2 Å². The number of thiocarbonyl (C=S) groups is 1. The summed E-state index contributed by atoms with van der Waals surface area (Å²) in [6, 6.07) is 13.1. The van der Waals surface area contributed by atoms with Gasteiger partial charge in [-0.05, 0) is 52.3 Å². The highest BCUT2D eigenvalue weighted by Gasteiger charge is 2.04. The lowest BCUT2D eigenvalue weighted by Gasteiger charge is -2.10. The van der Waals surface area contributed by atoms with Crippen LogP contribution in [0.2, 0.25) is 0 Å². The summed E-state index contributed by atoms with van der Waals surface area (Å²) in [6.45, 7) is 1.48. The molecular formula is C15H14BrN3OS. The van der Waals surface area contributed by atoms with E-state index in [-0.39, 0.29) is 5.91 Å². The van der Waals surface area contributed by atoms with Crippen LogP contribution in [0, 0.1) is 0 Å². The molecule has 1 amide bonds. The quantitative estimate of drug-likeness (QED) is 0.723. The number of hydrogen-bond acceptors (Lipinski definition) is 3. The number of nitrogens with two attached hydrogens (primary N) is 1. The summed E-state index contributed by atoms with van der Waals surface area (Å²) >= 11 is 8.41. The summed E-state index contributed by atoms with van der Waals surface area (Å²) in [5, 5.41) is 6.00. The molecule has 0 saturated heterocycles. The van der Waals surface area contributed by atoms with E-state index in [1.54, 1.807) is 0 Å². The van der Waals surface area contributed by atoms with Crippen LogP contribution in [0.4, 0.5) is 17.1 Å². The van der Waals surface area contributed by atoms with Gasteiger partial charge in [-0.3, -0.25) is 4.79 Å². The molecular weight excluding hydrogens is 350 g/mol. The van der Waals surface area contributed by atoms with Crippen LogP contribution in [-0.2, 0) is 4.79 Å². The van der Waals surface area contributed by atoms with Gasteiger partial charge in [-0.2, -0.15) is 0 Å². The Bertz CT molecular complexity index is 703. The predicted molar refractivity (Wildman–Crippen MR) is 94.1 cm³/mol. The van der Waals surface area contributed by atoms with E-state index in [9.17, 15) is 4.79 Å². The van der Waals surface area contributed by atoms with Gasteiger partial charge in [0.2, 0.25) is 5.91 Å². The smallest absolute Gasteiger partial charge is 0.221 e. The van der Waals surface area contributed by atoms with Crippen molar-refractivity contribution in [3.8, 4) is 0 Å². The SMILES string of the molecule is CC(=O)Nc1cccc(Nc2ccc(C(N)=S)c(Br)c2)c1. The first-order valence-corrected chi connectivity index (χ1v) is 7.40. The molecule has 0 atom stereocenters. The van der Waals surface area contributed by atoms with Crippen LogP contribution in [0.3, 0.4) is 0 Å². The first-order valence-electron chi connectivity index (χ1n) is 6.20. The van der Waals surface area contributed by atoms with Crippen molar-refractivity contribution in [2.75, 3.05) is 10.6 Å². The summed E-state index contributed by atoms with van der Waals surface area (Å²) in [7, 11) is 0. The number of carbonyl (C=O) groups excluding carboxylic acids is 1. The van der Waals surface area contributed by atoms with Crippen LogP contribution in [0.25, 0.3) is 0 Å². The maximum absolute atomic E-state index is 11.1. The Labute approximate surface area is 136 Å². The second-order valence-corrected chi connectivity index (χ2v) is 5.74. The number of benzene rings is 2. The Morgan fingerprint density at radius 1 is 1.14 bits per heavy atom. The number of carbonyl (C=O) groups is 1. The standard InChI is InChI=1S/C15H14BrN3OS/c1-9(20)18-10-3-2-4-11(7-10)19-12-5-6-13(15(17)21)14(16)8-12/h2-8,19H,1H3,(H2,17,21)(H,18,20). The average Bonchev–Trinajstić information content (AvgIpc) is 2.37. The highest BCUT2D eigenvalue weighted by molar-refractivity contribution is 9.10. The van der Waals surface area contributed by atoms with Crippen molar-refractivity contribution in [2.45, 2.75) is 6.92 Å². The summed E-state index contributed by atoms with van der Waals surface area (Å²) in [5.41, 5.74) is 8.92. The summed E-state index contributed by atoms with van der Waals surface area (Å²) in [4.78, 5) is 11.4. The van der Waals surface area contributed by atoms with E-state index in [1.807, 2.05) is 42.5 Å². The number of anilines is 3. The van der Waals surface area contributed by atoms with Gasteiger partial charge in [0.05, 0.1) is 0 Å². The molecule has 0 bridgehead atoms. The third-order valence-electron chi connectivity index (χ3n) is 2.71. The highest BCUT2D eigenvalue weighted by Crippen LogP contribution is 2.25. The lowest BCUT2D eigenvalue weighted by Crippen LogP contribution is -2.10. The van der Waals surface area contributed by atoms with Crippen molar-refractivity contribution < 1.29 is 4.79 Å². The number of hydrogen-bond donors (Lipinski definition) is 3. The maximum atomic E-state index is 11.1. The Kier molecular flexibility index (Phi) is 4.93. The zero-order chi connectivity index (χ0) is 15.4. The molecule has 108 valence electrons. The van der Waals surface area contributed by atoms with E-state index in [0.29, 0.717) is 4.99 Å². The number of nitrogens with one attached hydrogen (secondary N) is 2. The van der Waals surface area contributed by atoms with Crippen LogP contribution >= 0.6 is 28.1 Å². The molecule has 0 aliphatic rings. The van der Waals surface area contributed by atoms with Crippen LogP contribution < -0.4 is 16.4 Å². The normalized spacial score (nSPS) is 10.0. The first-order chi connectivity index (χ1) is 9.95. The molecule has 4 N–H and O–H groups in total. The largest absolute Gasteiger partial charge is 0.389 e. The van der Waals surface area contributed by atoms with Crippen molar-refractivity contribution in [2.24, 2.45) is 5.73 Å². The second-order valence-electron chi connectivity index (χ2n) is 4.45. The van der Waals surface area contributed by atoms with Crippen LogP contribution in [0.5, 0.6) is 0 Å². The molecule has 4 nitrogen and oxygen atoms in total. The zero-order valence-electron chi connectivity index (χ0n) is 11.3. The van der Waals surface area contributed by atoms with Crippen molar-refractivity contribution in [3.63, 3.8) is 0 Å². The zero-order valence-corrected chi connectivity index (χ0v) is 13.7. The third kappa shape index (κ3) is 4.27. The van der Waals surface area contributed by atoms with Crippen LogP contribution in [0.1, 0.15) is 12.5 Å². The molecule has 0 aliphatic heterocycles. The van der Waals surface area contributed by atoms with Gasteiger partial charge < -0.3 is 16.4 Å². The molecule has 21 heavy (non-hydrogen) atoms. The average molecular weight is 364 g/mol. The van der Waals surface area contributed by atoms with Crippen molar-refractivity contribution in [1.29, 1.82) is 0 Å². The molecule has 2 aromatic rings. The third-order valence-corrected chi connectivity index (χ3v) is 3.58. The molecule has 2 aromatic carbocycles. The Morgan fingerprint density at radius 3 is 2.43 bits per heavy atom. The predicted octanol–water partition coefficient (Wildman–Crippen LogP) is 3.79. The monoisotopic (exact) mass is 363 g/mol. The fourth-order valence-corrected chi connectivity index (χ4v) is 2.74. The molecule has 0 saturated carbocycles. The van der Waals surface area contributed by atoms with Crippen LogP contribution in [-0.4, -0.2) is 10.9 Å². The fourth-order valence-electron chi connectivity index (χ4n) is 1.84. The van der Waals surface area contributed by atoms with Gasteiger partial charge in [0.1, 0.15) is 4.99 Å². The maximum Gasteiger partial charge on any atom is 0.221 e. The Morgan fingerprint density at radius 2 is 1.81 bits per heavy atom. The van der Waals surface area contributed by atoms with Gasteiger partial charge in [0.15, 0.2) is 0 Å². The summed E-state index contributed by atoms with van der Waals surface area (Å²) in [5.74, 6) is -0.101. The molecule has 0 aromatic heterocycles. The van der Waals surface area contributed by atoms with Crippen molar-refractivity contribution >= 4 is 56.1 Å². The minimum atomic E-state index is -0.101. The summed E-state index contributed by atoms with van der Waals surface area (Å²) in [6.07, 6.45) is 0. The molecule has 0 unspecified atom stereocenters. The number of halogens is 1. The Hall–Kier alpha value is -1.92. The number of amides is 1. The molecule has 0 spiro atoms. The van der Waals surface area contributed by atoms with E-state index in [2.05, 4.69) is 26.6 Å². The fraction of sp³-hybridized carbons (Fsp3) is 0.0667. The van der Waals surface area contributed by atoms with Gasteiger partial charge in [-0.25, -0.2) is 0 Å². The Balaban J connectivity index is 2.20. The van der Waals surface area contributed by atoms with E-state index >= 15 is 0 Å². The van der Waals surface area contributed by atoms with Gasteiger partial charge in [-0.15, -0.1) is 0 Å². The molecule has 2 rings (SSSR count). The number of rotatable bonds is 4. The first kappa shape index (κ1) is 15.5. The molecule has 0 radical (unpaired) electrons. The lowest BCUT2D eigenvalue weighted by molar-refractivity contribution is -0.114. The lowest BCUT2D eigenvalue weighted by atomic mass is 10.2. The van der Waals surface area contributed by atoms with Gasteiger partial charge >= 0.3 is 0 Å². The van der Waals surface area contributed by atoms with E-state index in [4.69, 9.17) is 18.0 Å². The van der Waals surface area contributed by atoms with E-state index in [0.717, 1.165) is 27.1 Å². The van der Waals surface area contributed by atoms with Crippen molar-refractivity contribution in [3.05, 3.63) is 52.5 Å².